The lowest BCUT2D eigenvalue weighted by molar-refractivity contribution is 0.0674. The first-order chi connectivity index (χ1) is 8.43. The molecule has 104 valence electrons. The zero-order chi connectivity index (χ0) is 12.8. The molecule has 1 N–H and O–H groups in total. The molecule has 1 aliphatic heterocycles. The van der Waals surface area contributed by atoms with E-state index in [4.69, 9.17) is 9.47 Å². The molecule has 0 aromatic rings. The van der Waals surface area contributed by atoms with E-state index in [1.54, 1.807) is 7.11 Å². The van der Waals surface area contributed by atoms with Crippen molar-refractivity contribution in [2.75, 3.05) is 59.7 Å². The second kappa shape index (κ2) is 13.9. The summed E-state index contributed by atoms with van der Waals surface area (Å²) in [6.45, 7) is 12.2. The molecule has 0 aliphatic carbocycles. The van der Waals surface area contributed by atoms with Crippen molar-refractivity contribution < 1.29 is 9.47 Å². The van der Waals surface area contributed by atoms with Gasteiger partial charge in [0.05, 0.1) is 13.2 Å². The average molecular weight is 246 g/mol. The normalized spacial score (nSPS) is 16.4. The Labute approximate surface area is 107 Å². The first-order valence-corrected chi connectivity index (χ1v) is 6.93. The number of nitrogens with zero attached hydrogens (tertiary/aromatic N) is 1. The first-order valence-electron chi connectivity index (χ1n) is 6.93. The van der Waals surface area contributed by atoms with Gasteiger partial charge in [-0.05, 0) is 19.4 Å². The SMILES string of the molecule is CC.COCCOCCCCN1CCNCC1. The standard InChI is InChI=1S/C11H24N2O2.C2H6/c1-14-10-11-15-9-3-2-6-13-7-4-12-5-8-13;1-2/h12H,2-11H2,1H3;1-2H3. The number of nitrogens with one attached hydrogen (secondary N) is 1. The van der Waals surface area contributed by atoms with Gasteiger partial charge in [-0.15, -0.1) is 0 Å². The van der Waals surface area contributed by atoms with Crippen LogP contribution in [0.5, 0.6) is 0 Å². The number of rotatable bonds is 8. The van der Waals surface area contributed by atoms with Crippen LogP contribution in [-0.2, 0) is 9.47 Å². The van der Waals surface area contributed by atoms with Crippen LogP contribution in [0.2, 0.25) is 0 Å². The lowest BCUT2D eigenvalue weighted by Crippen LogP contribution is -2.43. The van der Waals surface area contributed by atoms with Gasteiger partial charge in [-0.25, -0.2) is 0 Å². The van der Waals surface area contributed by atoms with Crippen molar-refractivity contribution in [3.8, 4) is 0 Å². The lowest BCUT2D eigenvalue weighted by atomic mass is 10.3. The molecule has 0 unspecified atom stereocenters. The van der Waals surface area contributed by atoms with Gasteiger partial charge in [0.15, 0.2) is 0 Å². The Kier molecular flexibility index (Phi) is 13.8. The Morgan fingerprint density at radius 3 is 2.35 bits per heavy atom. The zero-order valence-electron chi connectivity index (χ0n) is 11.8. The molecule has 1 aliphatic rings. The van der Waals surface area contributed by atoms with Crippen molar-refractivity contribution >= 4 is 0 Å². The minimum absolute atomic E-state index is 0.706. The molecule has 0 radical (unpaired) electrons. The van der Waals surface area contributed by atoms with Crippen LogP contribution < -0.4 is 5.32 Å². The number of methoxy groups -OCH3 is 1. The first kappa shape index (κ1) is 16.8. The Balaban J connectivity index is 0.00000121. The summed E-state index contributed by atoms with van der Waals surface area (Å²) >= 11 is 0. The fourth-order valence-corrected chi connectivity index (χ4v) is 1.72. The van der Waals surface area contributed by atoms with E-state index in [0.29, 0.717) is 6.61 Å². The van der Waals surface area contributed by atoms with Crippen LogP contribution in [0.4, 0.5) is 0 Å². The van der Waals surface area contributed by atoms with Crippen LogP contribution in [0.1, 0.15) is 26.7 Å². The Hall–Kier alpha value is -0.160. The molecular weight excluding hydrogens is 216 g/mol. The minimum Gasteiger partial charge on any atom is -0.382 e. The molecule has 4 nitrogen and oxygen atoms in total. The maximum Gasteiger partial charge on any atom is 0.0700 e. The van der Waals surface area contributed by atoms with Gasteiger partial charge in [0.2, 0.25) is 0 Å². The van der Waals surface area contributed by atoms with E-state index in [1.807, 2.05) is 13.8 Å². The molecule has 0 spiro atoms. The molecule has 4 heteroatoms. The highest BCUT2D eigenvalue weighted by Crippen LogP contribution is 1.97. The van der Waals surface area contributed by atoms with E-state index in [1.165, 1.54) is 26.1 Å². The summed E-state index contributed by atoms with van der Waals surface area (Å²) in [5.74, 6) is 0. The quantitative estimate of drug-likeness (QED) is 0.656. The maximum atomic E-state index is 5.41. The van der Waals surface area contributed by atoms with Gasteiger partial charge in [-0.1, -0.05) is 13.8 Å². The third-order valence-corrected chi connectivity index (χ3v) is 2.65. The fourth-order valence-electron chi connectivity index (χ4n) is 1.72. The fraction of sp³-hybridized carbons (Fsp3) is 1.00. The van der Waals surface area contributed by atoms with Gasteiger partial charge in [0, 0.05) is 39.9 Å². The largest absolute Gasteiger partial charge is 0.382 e. The number of hydrogen-bond acceptors (Lipinski definition) is 4. The summed E-state index contributed by atoms with van der Waals surface area (Å²) in [5, 5.41) is 3.36. The van der Waals surface area contributed by atoms with Crippen LogP contribution in [0.25, 0.3) is 0 Å². The van der Waals surface area contributed by atoms with Gasteiger partial charge in [-0.2, -0.15) is 0 Å². The third kappa shape index (κ3) is 10.7. The van der Waals surface area contributed by atoms with Gasteiger partial charge in [-0.3, -0.25) is 0 Å². The Morgan fingerprint density at radius 2 is 1.71 bits per heavy atom. The predicted octanol–water partition coefficient (Wildman–Crippen LogP) is 1.36. The maximum absolute atomic E-state index is 5.41. The van der Waals surface area contributed by atoms with E-state index in [2.05, 4.69) is 10.2 Å². The molecule has 1 saturated heterocycles. The van der Waals surface area contributed by atoms with Crippen molar-refractivity contribution in [1.82, 2.24) is 10.2 Å². The molecule has 0 bridgehead atoms. The highest BCUT2D eigenvalue weighted by atomic mass is 16.5. The van der Waals surface area contributed by atoms with Gasteiger partial charge in [0.1, 0.15) is 0 Å². The van der Waals surface area contributed by atoms with E-state index in [-0.39, 0.29) is 0 Å². The molecule has 1 heterocycles. The summed E-state index contributed by atoms with van der Waals surface area (Å²) < 4.78 is 10.3. The van der Waals surface area contributed by atoms with Crippen molar-refractivity contribution in [1.29, 1.82) is 0 Å². The highest BCUT2D eigenvalue weighted by molar-refractivity contribution is 4.66. The number of unbranched alkanes of at least 4 members (excludes halogenated alkanes) is 1. The Morgan fingerprint density at radius 1 is 1.00 bits per heavy atom. The number of hydrogen-bond donors (Lipinski definition) is 1. The smallest absolute Gasteiger partial charge is 0.0700 e. The summed E-state index contributed by atoms with van der Waals surface area (Å²) in [6, 6.07) is 0. The van der Waals surface area contributed by atoms with Crippen molar-refractivity contribution in [3.05, 3.63) is 0 Å². The minimum atomic E-state index is 0.706. The van der Waals surface area contributed by atoms with Gasteiger partial charge in [0.25, 0.3) is 0 Å². The summed E-state index contributed by atoms with van der Waals surface area (Å²) in [4.78, 5) is 2.52. The summed E-state index contributed by atoms with van der Waals surface area (Å²) in [5.41, 5.74) is 0. The third-order valence-electron chi connectivity index (χ3n) is 2.65. The molecule has 1 rings (SSSR count). The van der Waals surface area contributed by atoms with Crippen LogP contribution in [0.15, 0.2) is 0 Å². The van der Waals surface area contributed by atoms with E-state index in [9.17, 15) is 0 Å². The topological polar surface area (TPSA) is 33.7 Å². The summed E-state index contributed by atoms with van der Waals surface area (Å²) in [7, 11) is 1.70. The molecule has 1 fully saturated rings. The van der Waals surface area contributed by atoms with E-state index < -0.39 is 0 Å². The van der Waals surface area contributed by atoms with Gasteiger partial charge < -0.3 is 19.7 Å². The monoisotopic (exact) mass is 246 g/mol. The predicted molar refractivity (Wildman–Crippen MR) is 72.6 cm³/mol. The average Bonchev–Trinajstić information content (AvgIpc) is 2.41. The molecule has 0 saturated carbocycles. The van der Waals surface area contributed by atoms with Crippen molar-refractivity contribution in [2.24, 2.45) is 0 Å². The van der Waals surface area contributed by atoms with Crippen molar-refractivity contribution in [2.45, 2.75) is 26.7 Å². The van der Waals surface area contributed by atoms with Crippen LogP contribution >= 0.6 is 0 Å². The number of piperazine rings is 1. The lowest BCUT2D eigenvalue weighted by Gasteiger charge is -2.26. The molecule has 0 amide bonds. The number of ether oxygens (including phenoxy) is 2. The van der Waals surface area contributed by atoms with Crippen LogP contribution in [-0.4, -0.2) is 64.6 Å². The van der Waals surface area contributed by atoms with Gasteiger partial charge >= 0.3 is 0 Å². The second-order valence-electron chi connectivity index (χ2n) is 3.90. The van der Waals surface area contributed by atoms with Crippen LogP contribution in [0.3, 0.4) is 0 Å². The summed E-state index contributed by atoms with van der Waals surface area (Å²) in [6.07, 6.45) is 2.40. The molecule has 0 atom stereocenters. The highest BCUT2D eigenvalue weighted by Gasteiger charge is 2.07. The molecule has 17 heavy (non-hydrogen) atoms. The zero-order valence-corrected chi connectivity index (χ0v) is 11.8. The molecule has 0 aromatic carbocycles. The molecular formula is C13H30N2O2. The van der Waals surface area contributed by atoms with Crippen LogP contribution in [0, 0.1) is 0 Å². The van der Waals surface area contributed by atoms with E-state index in [0.717, 1.165) is 32.7 Å². The van der Waals surface area contributed by atoms with Crippen molar-refractivity contribution in [3.63, 3.8) is 0 Å². The second-order valence-corrected chi connectivity index (χ2v) is 3.90. The molecule has 0 aromatic heterocycles. The Bertz CT molecular complexity index is 139. The van der Waals surface area contributed by atoms with E-state index >= 15 is 0 Å².